The van der Waals surface area contributed by atoms with Gasteiger partial charge in [-0.25, -0.2) is 0 Å². The average Bonchev–Trinajstić information content (AvgIpc) is 2.58. The number of amides is 1. The van der Waals surface area contributed by atoms with Crippen LogP contribution in [0.25, 0.3) is 0 Å². The zero-order valence-electron chi connectivity index (χ0n) is 13.6. The number of Topliss-reactive ketones (excluding diaryl/α,β-unsaturated/α-hetero) is 1. The van der Waals surface area contributed by atoms with Gasteiger partial charge in [0.1, 0.15) is 0 Å². The Kier molecular flexibility index (Phi) is 6.03. The van der Waals surface area contributed by atoms with Crippen molar-refractivity contribution in [3.8, 4) is 0 Å². The summed E-state index contributed by atoms with van der Waals surface area (Å²) < 4.78 is 0. The summed E-state index contributed by atoms with van der Waals surface area (Å²) in [6.45, 7) is 4.41. The monoisotopic (exact) mass is 310 g/mol. The van der Waals surface area contributed by atoms with Gasteiger partial charge in [0, 0.05) is 30.6 Å². The minimum absolute atomic E-state index is 0.000456. The minimum atomic E-state index is -0.0186. The number of aromatic nitrogens is 1. The fourth-order valence-electron chi connectivity index (χ4n) is 2.36. The first-order chi connectivity index (χ1) is 11.1. The second-order valence-corrected chi connectivity index (χ2v) is 5.73. The lowest BCUT2D eigenvalue weighted by Crippen LogP contribution is -2.36. The highest BCUT2D eigenvalue weighted by Gasteiger charge is 2.19. The first kappa shape index (κ1) is 16.9. The minimum Gasteiger partial charge on any atom is -0.334 e. The fourth-order valence-corrected chi connectivity index (χ4v) is 2.36. The number of carbonyl (C=O) groups is 2. The van der Waals surface area contributed by atoms with Crippen LogP contribution < -0.4 is 0 Å². The Morgan fingerprint density at radius 1 is 1.00 bits per heavy atom. The van der Waals surface area contributed by atoms with E-state index in [4.69, 9.17) is 0 Å². The van der Waals surface area contributed by atoms with E-state index in [1.54, 1.807) is 23.2 Å². The Bertz CT molecular complexity index is 639. The molecule has 0 radical (unpaired) electrons. The Morgan fingerprint density at radius 3 is 2.30 bits per heavy atom. The Balaban J connectivity index is 1.95. The summed E-state index contributed by atoms with van der Waals surface area (Å²) in [4.78, 5) is 30.6. The lowest BCUT2D eigenvalue weighted by atomic mass is 10.1. The van der Waals surface area contributed by atoms with E-state index in [-0.39, 0.29) is 30.6 Å². The number of nitrogens with zero attached hydrogens (tertiary/aromatic N) is 2. The van der Waals surface area contributed by atoms with Gasteiger partial charge in [0.15, 0.2) is 5.78 Å². The SMILES string of the molecule is CC(C)N(Cc1ccccn1)C(=O)CCC(=O)c1ccccc1. The molecule has 1 aromatic heterocycles. The molecule has 0 atom stereocenters. The van der Waals surface area contributed by atoms with Crippen molar-refractivity contribution in [3.63, 3.8) is 0 Å². The van der Waals surface area contributed by atoms with Crippen LogP contribution in [0.1, 0.15) is 42.7 Å². The van der Waals surface area contributed by atoms with Gasteiger partial charge in [0.2, 0.25) is 5.91 Å². The van der Waals surface area contributed by atoms with Gasteiger partial charge in [0.05, 0.1) is 12.2 Å². The smallest absolute Gasteiger partial charge is 0.223 e. The van der Waals surface area contributed by atoms with E-state index in [0.717, 1.165) is 5.69 Å². The fraction of sp³-hybridized carbons (Fsp3) is 0.316. The van der Waals surface area contributed by atoms with Crippen LogP contribution in [0.5, 0.6) is 0 Å². The molecule has 2 rings (SSSR count). The highest BCUT2D eigenvalue weighted by Crippen LogP contribution is 2.11. The van der Waals surface area contributed by atoms with Gasteiger partial charge in [-0.05, 0) is 26.0 Å². The third-order valence-electron chi connectivity index (χ3n) is 3.66. The number of hydrogen-bond donors (Lipinski definition) is 0. The van der Waals surface area contributed by atoms with Crippen LogP contribution in [0.4, 0.5) is 0 Å². The van der Waals surface area contributed by atoms with Gasteiger partial charge in [-0.1, -0.05) is 36.4 Å². The van der Waals surface area contributed by atoms with Gasteiger partial charge < -0.3 is 4.90 Å². The topological polar surface area (TPSA) is 50.3 Å². The number of pyridine rings is 1. The highest BCUT2D eigenvalue weighted by molar-refractivity contribution is 5.97. The first-order valence-electron chi connectivity index (χ1n) is 7.85. The molecule has 0 aliphatic rings. The lowest BCUT2D eigenvalue weighted by Gasteiger charge is -2.26. The number of rotatable bonds is 7. The molecule has 0 spiro atoms. The molecule has 4 nitrogen and oxygen atoms in total. The Morgan fingerprint density at radius 2 is 1.70 bits per heavy atom. The van der Waals surface area contributed by atoms with E-state index in [2.05, 4.69) is 4.98 Å². The van der Waals surface area contributed by atoms with E-state index in [1.165, 1.54) is 0 Å². The van der Waals surface area contributed by atoms with Crippen molar-refractivity contribution in [1.82, 2.24) is 9.88 Å². The standard InChI is InChI=1S/C19H22N2O2/c1-15(2)21(14-17-10-6-7-13-20-17)19(23)12-11-18(22)16-8-4-3-5-9-16/h3-10,13,15H,11-12,14H2,1-2H3. The molecule has 1 heterocycles. The summed E-state index contributed by atoms with van der Waals surface area (Å²) in [5.74, 6) is -0.0181. The molecule has 2 aromatic rings. The molecule has 0 fully saturated rings. The first-order valence-corrected chi connectivity index (χ1v) is 7.85. The molecule has 0 N–H and O–H groups in total. The predicted octanol–water partition coefficient (Wildman–Crippen LogP) is 3.48. The normalized spacial score (nSPS) is 10.6. The zero-order chi connectivity index (χ0) is 16.7. The Labute approximate surface area is 137 Å². The molecule has 0 saturated heterocycles. The summed E-state index contributed by atoms with van der Waals surface area (Å²) in [6.07, 6.45) is 2.17. The molecule has 23 heavy (non-hydrogen) atoms. The number of hydrogen-bond acceptors (Lipinski definition) is 3. The van der Waals surface area contributed by atoms with Crippen molar-refractivity contribution < 1.29 is 9.59 Å². The van der Waals surface area contributed by atoms with Gasteiger partial charge >= 0.3 is 0 Å². The largest absolute Gasteiger partial charge is 0.334 e. The molecular formula is C19H22N2O2. The number of benzene rings is 1. The predicted molar refractivity (Wildman–Crippen MR) is 89.9 cm³/mol. The highest BCUT2D eigenvalue weighted by atomic mass is 16.2. The quantitative estimate of drug-likeness (QED) is 0.736. The van der Waals surface area contributed by atoms with Crippen molar-refractivity contribution in [2.75, 3.05) is 0 Å². The van der Waals surface area contributed by atoms with Crippen molar-refractivity contribution in [2.45, 2.75) is 39.3 Å². The van der Waals surface area contributed by atoms with E-state index in [0.29, 0.717) is 12.1 Å². The second kappa shape index (κ2) is 8.22. The van der Waals surface area contributed by atoms with Gasteiger partial charge in [-0.2, -0.15) is 0 Å². The van der Waals surface area contributed by atoms with E-state index < -0.39 is 0 Å². The van der Waals surface area contributed by atoms with Gasteiger partial charge in [-0.3, -0.25) is 14.6 Å². The van der Waals surface area contributed by atoms with Crippen LogP contribution in [0.3, 0.4) is 0 Å². The maximum Gasteiger partial charge on any atom is 0.223 e. The maximum atomic E-state index is 12.5. The van der Waals surface area contributed by atoms with Crippen LogP contribution >= 0.6 is 0 Å². The van der Waals surface area contributed by atoms with E-state index in [1.807, 2.05) is 50.2 Å². The molecular weight excluding hydrogens is 288 g/mol. The van der Waals surface area contributed by atoms with Crippen LogP contribution in [0.15, 0.2) is 54.7 Å². The molecule has 0 bridgehead atoms. The molecule has 0 aliphatic carbocycles. The second-order valence-electron chi connectivity index (χ2n) is 5.73. The number of ketones is 1. The van der Waals surface area contributed by atoms with Crippen molar-refractivity contribution in [2.24, 2.45) is 0 Å². The van der Waals surface area contributed by atoms with E-state index in [9.17, 15) is 9.59 Å². The molecule has 1 aromatic carbocycles. The molecule has 0 saturated carbocycles. The molecule has 0 aliphatic heterocycles. The lowest BCUT2D eigenvalue weighted by molar-refractivity contribution is -0.133. The van der Waals surface area contributed by atoms with Gasteiger partial charge in [0.25, 0.3) is 0 Å². The average molecular weight is 310 g/mol. The van der Waals surface area contributed by atoms with Crippen LogP contribution in [0.2, 0.25) is 0 Å². The summed E-state index contributed by atoms with van der Waals surface area (Å²) in [7, 11) is 0. The summed E-state index contributed by atoms with van der Waals surface area (Å²) in [5.41, 5.74) is 1.50. The molecule has 1 amide bonds. The molecule has 4 heteroatoms. The molecule has 0 unspecified atom stereocenters. The molecule has 120 valence electrons. The van der Waals surface area contributed by atoms with Crippen molar-refractivity contribution in [1.29, 1.82) is 0 Å². The van der Waals surface area contributed by atoms with E-state index >= 15 is 0 Å². The third-order valence-corrected chi connectivity index (χ3v) is 3.66. The van der Waals surface area contributed by atoms with Crippen LogP contribution in [-0.2, 0) is 11.3 Å². The summed E-state index contributed by atoms with van der Waals surface area (Å²) in [5, 5.41) is 0. The Hall–Kier alpha value is -2.49. The van der Waals surface area contributed by atoms with Crippen LogP contribution in [-0.4, -0.2) is 27.6 Å². The van der Waals surface area contributed by atoms with Crippen LogP contribution in [0, 0.1) is 0 Å². The maximum absolute atomic E-state index is 12.5. The summed E-state index contributed by atoms with van der Waals surface area (Å²) in [6, 6.07) is 14.8. The zero-order valence-corrected chi connectivity index (χ0v) is 13.6. The summed E-state index contributed by atoms with van der Waals surface area (Å²) >= 11 is 0. The number of carbonyl (C=O) groups excluding carboxylic acids is 2. The van der Waals surface area contributed by atoms with Crippen molar-refractivity contribution in [3.05, 3.63) is 66.0 Å². The van der Waals surface area contributed by atoms with Gasteiger partial charge in [-0.15, -0.1) is 0 Å². The van der Waals surface area contributed by atoms with Crippen molar-refractivity contribution >= 4 is 11.7 Å². The third kappa shape index (κ3) is 5.02.